The molecule has 0 amide bonds. The van der Waals surface area contributed by atoms with E-state index in [9.17, 15) is 0 Å². The molecule has 1 aromatic carbocycles. The lowest BCUT2D eigenvalue weighted by Crippen LogP contribution is -2.24. The minimum atomic E-state index is -0.0663. The standard InChI is InChI=1S/C19H29NO/c1-12-15-10-14(19(6,7)11-18(3,4)5)8-9-16(15)21-17(12)13(2)20/h8-10,13H,11,20H2,1-7H3. The van der Waals surface area contributed by atoms with Crippen molar-refractivity contribution >= 4 is 11.0 Å². The molecule has 116 valence electrons. The van der Waals surface area contributed by atoms with Crippen LogP contribution in [-0.2, 0) is 5.41 Å². The van der Waals surface area contributed by atoms with Crippen LogP contribution in [0.1, 0.15) is 70.9 Å². The average Bonchev–Trinajstić information content (AvgIpc) is 2.63. The maximum absolute atomic E-state index is 5.99. The molecule has 2 nitrogen and oxygen atoms in total. The third-order valence-corrected chi connectivity index (χ3v) is 4.14. The number of nitrogens with two attached hydrogens (primary N) is 1. The second kappa shape index (κ2) is 5.17. The molecule has 0 radical (unpaired) electrons. The van der Waals surface area contributed by atoms with E-state index in [-0.39, 0.29) is 11.5 Å². The highest BCUT2D eigenvalue weighted by molar-refractivity contribution is 5.83. The quantitative estimate of drug-likeness (QED) is 0.812. The summed E-state index contributed by atoms with van der Waals surface area (Å²) >= 11 is 0. The maximum atomic E-state index is 5.99. The van der Waals surface area contributed by atoms with Crippen LogP contribution in [0.2, 0.25) is 0 Å². The van der Waals surface area contributed by atoms with E-state index < -0.39 is 0 Å². The minimum Gasteiger partial charge on any atom is -0.459 e. The molecule has 0 bridgehead atoms. The van der Waals surface area contributed by atoms with Crippen LogP contribution in [0.25, 0.3) is 11.0 Å². The van der Waals surface area contributed by atoms with Gasteiger partial charge in [0.2, 0.25) is 0 Å². The van der Waals surface area contributed by atoms with Gasteiger partial charge in [0.15, 0.2) is 0 Å². The Morgan fingerprint density at radius 1 is 1.14 bits per heavy atom. The number of hydrogen-bond acceptors (Lipinski definition) is 2. The number of hydrogen-bond donors (Lipinski definition) is 1. The van der Waals surface area contributed by atoms with Crippen LogP contribution < -0.4 is 5.73 Å². The molecule has 2 rings (SSSR count). The summed E-state index contributed by atoms with van der Waals surface area (Å²) in [4.78, 5) is 0. The summed E-state index contributed by atoms with van der Waals surface area (Å²) in [5, 5.41) is 1.20. The van der Waals surface area contributed by atoms with Gasteiger partial charge in [0.1, 0.15) is 11.3 Å². The number of fused-ring (bicyclic) bond motifs is 1. The van der Waals surface area contributed by atoms with E-state index in [1.807, 2.05) is 6.92 Å². The largest absolute Gasteiger partial charge is 0.459 e. The van der Waals surface area contributed by atoms with Crippen molar-refractivity contribution in [2.75, 3.05) is 0 Å². The van der Waals surface area contributed by atoms with Gasteiger partial charge in [-0.1, -0.05) is 40.7 Å². The van der Waals surface area contributed by atoms with E-state index in [1.165, 1.54) is 16.5 Å². The summed E-state index contributed by atoms with van der Waals surface area (Å²) in [6, 6.07) is 6.50. The van der Waals surface area contributed by atoms with Crippen molar-refractivity contribution in [3.63, 3.8) is 0 Å². The third-order valence-electron chi connectivity index (χ3n) is 4.14. The van der Waals surface area contributed by atoms with Crippen molar-refractivity contribution < 1.29 is 4.42 Å². The van der Waals surface area contributed by atoms with Crippen LogP contribution in [0.3, 0.4) is 0 Å². The first-order valence-corrected chi connectivity index (χ1v) is 7.80. The predicted molar refractivity (Wildman–Crippen MR) is 90.7 cm³/mol. The number of furan rings is 1. The summed E-state index contributed by atoms with van der Waals surface area (Å²) in [6.07, 6.45) is 1.14. The Bertz CT molecular complexity index is 641. The lowest BCUT2D eigenvalue weighted by Gasteiger charge is -2.33. The fourth-order valence-electron chi connectivity index (χ4n) is 3.52. The van der Waals surface area contributed by atoms with Gasteiger partial charge in [-0.3, -0.25) is 0 Å². The molecule has 0 aliphatic rings. The van der Waals surface area contributed by atoms with Gasteiger partial charge in [-0.05, 0) is 54.4 Å². The van der Waals surface area contributed by atoms with Crippen molar-refractivity contribution in [3.8, 4) is 0 Å². The molecule has 0 spiro atoms. The van der Waals surface area contributed by atoms with Gasteiger partial charge in [-0.25, -0.2) is 0 Å². The monoisotopic (exact) mass is 287 g/mol. The molecule has 0 saturated heterocycles. The maximum Gasteiger partial charge on any atom is 0.134 e. The van der Waals surface area contributed by atoms with Gasteiger partial charge in [0.05, 0.1) is 6.04 Å². The Kier molecular flexibility index (Phi) is 3.96. The van der Waals surface area contributed by atoms with Crippen molar-refractivity contribution in [3.05, 3.63) is 35.1 Å². The molecule has 1 aromatic heterocycles. The topological polar surface area (TPSA) is 39.2 Å². The highest BCUT2D eigenvalue weighted by atomic mass is 16.3. The van der Waals surface area contributed by atoms with Crippen molar-refractivity contribution in [1.82, 2.24) is 0 Å². The molecular formula is C19H29NO. The van der Waals surface area contributed by atoms with E-state index in [0.717, 1.165) is 17.8 Å². The highest BCUT2D eigenvalue weighted by Crippen LogP contribution is 2.38. The summed E-state index contributed by atoms with van der Waals surface area (Å²) in [7, 11) is 0. The molecule has 21 heavy (non-hydrogen) atoms. The van der Waals surface area contributed by atoms with Crippen LogP contribution in [0.15, 0.2) is 22.6 Å². The first-order valence-electron chi connectivity index (χ1n) is 7.80. The van der Waals surface area contributed by atoms with Crippen LogP contribution >= 0.6 is 0 Å². The Hall–Kier alpha value is -1.28. The van der Waals surface area contributed by atoms with Crippen molar-refractivity contribution in [2.24, 2.45) is 11.1 Å². The van der Waals surface area contributed by atoms with Crippen LogP contribution in [0, 0.1) is 12.3 Å². The minimum absolute atomic E-state index is 0.0663. The molecule has 2 N–H and O–H groups in total. The fraction of sp³-hybridized carbons (Fsp3) is 0.579. The third kappa shape index (κ3) is 3.32. The zero-order valence-electron chi connectivity index (χ0n) is 14.5. The number of rotatable bonds is 3. The summed E-state index contributed by atoms with van der Waals surface area (Å²) in [5.74, 6) is 0.899. The normalized spacial score (nSPS) is 14.7. The Morgan fingerprint density at radius 2 is 1.76 bits per heavy atom. The molecule has 1 heterocycles. The summed E-state index contributed by atoms with van der Waals surface area (Å²) in [5.41, 5.74) is 9.92. The fourth-order valence-corrected chi connectivity index (χ4v) is 3.52. The summed E-state index contributed by atoms with van der Waals surface area (Å²) < 4.78 is 5.90. The van der Waals surface area contributed by atoms with E-state index in [0.29, 0.717) is 5.41 Å². The average molecular weight is 287 g/mol. The van der Waals surface area contributed by atoms with E-state index in [4.69, 9.17) is 10.2 Å². The number of benzene rings is 1. The first-order chi connectivity index (χ1) is 9.51. The molecule has 2 heteroatoms. The zero-order chi connectivity index (χ0) is 16.0. The smallest absolute Gasteiger partial charge is 0.134 e. The van der Waals surface area contributed by atoms with Crippen molar-refractivity contribution in [1.29, 1.82) is 0 Å². The number of aryl methyl sites for hydroxylation is 1. The van der Waals surface area contributed by atoms with Gasteiger partial charge in [0.25, 0.3) is 0 Å². The van der Waals surface area contributed by atoms with Crippen LogP contribution in [-0.4, -0.2) is 0 Å². The van der Waals surface area contributed by atoms with E-state index in [2.05, 4.69) is 59.7 Å². The lowest BCUT2D eigenvalue weighted by molar-refractivity contribution is 0.284. The molecule has 2 aromatic rings. The lowest BCUT2D eigenvalue weighted by atomic mass is 9.72. The SMILES string of the molecule is Cc1c(C(C)N)oc2ccc(C(C)(C)CC(C)(C)C)cc12. The highest BCUT2D eigenvalue weighted by Gasteiger charge is 2.28. The second-order valence-corrected chi connectivity index (χ2v) is 8.21. The Labute approximate surface area is 128 Å². The van der Waals surface area contributed by atoms with Crippen LogP contribution in [0.5, 0.6) is 0 Å². The zero-order valence-corrected chi connectivity index (χ0v) is 14.5. The molecule has 0 fully saturated rings. The molecule has 0 saturated carbocycles. The van der Waals surface area contributed by atoms with Gasteiger partial charge in [0, 0.05) is 5.39 Å². The van der Waals surface area contributed by atoms with E-state index >= 15 is 0 Å². The van der Waals surface area contributed by atoms with Gasteiger partial charge >= 0.3 is 0 Å². The predicted octanol–water partition coefficient (Wildman–Crippen LogP) is 5.47. The van der Waals surface area contributed by atoms with Gasteiger partial charge in [-0.2, -0.15) is 0 Å². The van der Waals surface area contributed by atoms with Gasteiger partial charge < -0.3 is 10.2 Å². The first kappa shape index (κ1) is 16.1. The van der Waals surface area contributed by atoms with Crippen LogP contribution in [0.4, 0.5) is 0 Å². The summed E-state index contributed by atoms with van der Waals surface area (Å²) in [6.45, 7) is 15.6. The molecular weight excluding hydrogens is 258 g/mol. The molecule has 1 atom stereocenters. The molecule has 1 unspecified atom stereocenters. The van der Waals surface area contributed by atoms with E-state index in [1.54, 1.807) is 0 Å². The van der Waals surface area contributed by atoms with Crippen molar-refractivity contribution in [2.45, 2.75) is 66.3 Å². The molecule has 0 aliphatic carbocycles. The second-order valence-electron chi connectivity index (χ2n) is 8.21. The van der Waals surface area contributed by atoms with Gasteiger partial charge in [-0.15, -0.1) is 0 Å². The molecule has 0 aliphatic heterocycles. The Morgan fingerprint density at radius 3 is 2.29 bits per heavy atom. The Balaban J connectivity index is 2.50.